The second-order valence-corrected chi connectivity index (χ2v) is 4.63. The average Bonchev–Trinajstić information content (AvgIpc) is 1.84. The molecule has 0 aliphatic heterocycles. The van der Waals surface area contributed by atoms with E-state index >= 15 is 0 Å². The minimum atomic E-state index is -1.48. The summed E-state index contributed by atoms with van der Waals surface area (Å²) < 4.78 is 3.15. The van der Waals surface area contributed by atoms with Gasteiger partial charge >= 0.3 is 5.97 Å². The van der Waals surface area contributed by atoms with Crippen molar-refractivity contribution in [3.63, 3.8) is 0 Å². The zero-order valence-corrected chi connectivity index (χ0v) is 8.84. The van der Waals surface area contributed by atoms with Gasteiger partial charge in [0, 0.05) is 12.0 Å². The third kappa shape index (κ3) is 5.70. The summed E-state index contributed by atoms with van der Waals surface area (Å²) >= 11 is 16.3. The van der Waals surface area contributed by atoms with Crippen LogP contribution in [-0.2, 0) is 9.53 Å². The summed E-state index contributed by atoms with van der Waals surface area (Å²) in [6, 6.07) is 0. The van der Waals surface area contributed by atoms with Crippen molar-refractivity contribution in [2.24, 2.45) is 0 Å². The second-order valence-electron chi connectivity index (χ2n) is 2.12. The number of esters is 1. The number of alkyl halides is 3. The van der Waals surface area contributed by atoms with Crippen LogP contribution in [0.4, 0.5) is 0 Å². The summed E-state index contributed by atoms with van der Waals surface area (Å²) in [7, 11) is 0. The third-order valence-electron chi connectivity index (χ3n) is 0.978. The molecule has 0 aliphatic rings. The van der Waals surface area contributed by atoms with Crippen molar-refractivity contribution in [1.29, 1.82) is 0 Å². The van der Waals surface area contributed by atoms with Crippen LogP contribution in [0.5, 0.6) is 0 Å². The van der Waals surface area contributed by atoms with Crippen LogP contribution in [0.25, 0.3) is 0 Å². The van der Waals surface area contributed by atoms with Gasteiger partial charge < -0.3 is 4.74 Å². The molecule has 0 aliphatic carbocycles. The topological polar surface area (TPSA) is 26.3 Å². The molecule has 0 saturated carbocycles. The zero-order chi connectivity index (χ0) is 9.78. The first-order valence-electron chi connectivity index (χ1n) is 3.28. The van der Waals surface area contributed by atoms with E-state index in [2.05, 4.69) is 11.3 Å². The van der Waals surface area contributed by atoms with Gasteiger partial charge in [0.2, 0.25) is 0 Å². The quantitative estimate of drug-likeness (QED) is 0.424. The number of carbonyl (C=O) groups excluding carboxylic acids is 1. The highest BCUT2D eigenvalue weighted by molar-refractivity contribution is 6.67. The van der Waals surface area contributed by atoms with Crippen molar-refractivity contribution < 1.29 is 9.53 Å². The molecule has 0 saturated heterocycles. The zero-order valence-electron chi connectivity index (χ0n) is 6.57. The van der Waals surface area contributed by atoms with Crippen LogP contribution in [0.15, 0.2) is 12.2 Å². The maximum atomic E-state index is 10.9. The lowest BCUT2D eigenvalue weighted by atomic mass is 10.2. The summed E-state index contributed by atoms with van der Waals surface area (Å²) in [6.45, 7) is 5.42. The Morgan fingerprint density at radius 2 is 2.00 bits per heavy atom. The Balaban J connectivity index is 3.97. The van der Waals surface area contributed by atoms with Crippen molar-refractivity contribution in [3.8, 4) is 0 Å². The fourth-order valence-corrected chi connectivity index (χ4v) is 1.03. The summed E-state index contributed by atoms with van der Waals surface area (Å²) in [5.74, 6) is -0.524. The minimum Gasteiger partial charge on any atom is -0.463 e. The van der Waals surface area contributed by atoms with Gasteiger partial charge in [0.25, 0.3) is 0 Å². The highest BCUT2D eigenvalue weighted by atomic mass is 35.6. The lowest BCUT2D eigenvalue weighted by Gasteiger charge is -2.11. The molecule has 0 fully saturated rings. The first-order chi connectivity index (χ1) is 5.37. The Morgan fingerprint density at radius 3 is 2.33 bits per heavy atom. The molecule has 0 amide bonds. The standard InChI is InChI=1S/C7H9Cl3O2/c1-3-12-6(11)5(2)4-7(8,9)10/h2-4H2,1H3. The maximum absolute atomic E-state index is 10.9. The molecule has 0 aromatic rings. The fraction of sp³-hybridized carbons (Fsp3) is 0.571. The van der Waals surface area contributed by atoms with E-state index in [1.165, 1.54) is 0 Å². The molecule has 0 radical (unpaired) electrons. The largest absolute Gasteiger partial charge is 0.463 e. The van der Waals surface area contributed by atoms with Gasteiger partial charge in [0.15, 0.2) is 3.79 Å². The van der Waals surface area contributed by atoms with Gasteiger partial charge in [-0.05, 0) is 6.92 Å². The summed E-state index contributed by atoms with van der Waals surface area (Å²) in [6.07, 6.45) is -0.0174. The summed E-state index contributed by atoms with van der Waals surface area (Å²) in [5, 5.41) is 0. The summed E-state index contributed by atoms with van der Waals surface area (Å²) in [5.41, 5.74) is 0.164. The molecule has 2 nitrogen and oxygen atoms in total. The number of carbonyl (C=O) groups is 1. The van der Waals surface area contributed by atoms with Crippen LogP contribution in [0.3, 0.4) is 0 Å². The van der Waals surface area contributed by atoms with E-state index < -0.39 is 9.76 Å². The first-order valence-corrected chi connectivity index (χ1v) is 4.42. The van der Waals surface area contributed by atoms with Gasteiger partial charge in [-0.2, -0.15) is 0 Å². The van der Waals surface area contributed by atoms with Crippen LogP contribution in [0.2, 0.25) is 0 Å². The molecule has 0 N–H and O–H groups in total. The highest BCUT2D eigenvalue weighted by Crippen LogP contribution is 2.32. The van der Waals surface area contributed by atoms with E-state index in [0.717, 1.165) is 0 Å². The van der Waals surface area contributed by atoms with Crippen molar-refractivity contribution >= 4 is 40.8 Å². The number of ether oxygens (including phenoxy) is 1. The Labute approximate surface area is 86.4 Å². The lowest BCUT2D eigenvalue weighted by molar-refractivity contribution is -0.138. The Kier molecular flexibility index (Phi) is 4.98. The molecule has 70 valence electrons. The van der Waals surface area contributed by atoms with Gasteiger partial charge in [-0.25, -0.2) is 4.79 Å². The van der Waals surface area contributed by atoms with Crippen molar-refractivity contribution in [1.82, 2.24) is 0 Å². The number of halogens is 3. The summed E-state index contributed by atoms with van der Waals surface area (Å²) in [4.78, 5) is 10.9. The van der Waals surface area contributed by atoms with Crippen LogP contribution < -0.4 is 0 Å². The van der Waals surface area contributed by atoms with E-state index in [1.807, 2.05) is 0 Å². The second kappa shape index (κ2) is 4.95. The SMILES string of the molecule is C=C(CC(Cl)(Cl)Cl)C(=O)OCC. The van der Waals surface area contributed by atoms with E-state index in [-0.39, 0.29) is 18.6 Å². The third-order valence-corrected chi connectivity index (χ3v) is 1.38. The highest BCUT2D eigenvalue weighted by Gasteiger charge is 2.24. The van der Waals surface area contributed by atoms with Crippen molar-refractivity contribution in [2.45, 2.75) is 17.1 Å². The number of hydrogen-bond acceptors (Lipinski definition) is 2. The maximum Gasteiger partial charge on any atom is 0.333 e. The van der Waals surface area contributed by atoms with Gasteiger partial charge in [-0.3, -0.25) is 0 Å². The van der Waals surface area contributed by atoms with Crippen LogP contribution >= 0.6 is 34.8 Å². The number of rotatable bonds is 3. The van der Waals surface area contributed by atoms with Gasteiger partial charge in [-0.15, -0.1) is 0 Å². The van der Waals surface area contributed by atoms with Gasteiger partial charge in [0.05, 0.1) is 6.61 Å². The Morgan fingerprint density at radius 1 is 1.50 bits per heavy atom. The molecule has 0 rings (SSSR count). The normalized spacial score (nSPS) is 11.0. The van der Waals surface area contributed by atoms with Crippen LogP contribution in [0, 0.1) is 0 Å². The molecule has 0 unspecified atom stereocenters. The van der Waals surface area contributed by atoms with E-state index in [4.69, 9.17) is 34.8 Å². The number of hydrogen-bond donors (Lipinski definition) is 0. The molecule has 0 aromatic heterocycles. The molecule has 0 aromatic carbocycles. The molecule has 0 heterocycles. The van der Waals surface area contributed by atoms with Gasteiger partial charge in [-0.1, -0.05) is 41.4 Å². The monoisotopic (exact) mass is 230 g/mol. The Hall–Kier alpha value is 0.0800. The first kappa shape index (κ1) is 12.1. The average molecular weight is 232 g/mol. The van der Waals surface area contributed by atoms with E-state index in [0.29, 0.717) is 0 Å². The van der Waals surface area contributed by atoms with E-state index in [1.54, 1.807) is 6.92 Å². The molecule has 0 spiro atoms. The molecular weight excluding hydrogens is 222 g/mol. The van der Waals surface area contributed by atoms with Crippen LogP contribution in [0.1, 0.15) is 13.3 Å². The molecule has 0 bridgehead atoms. The molecule has 12 heavy (non-hydrogen) atoms. The van der Waals surface area contributed by atoms with Crippen molar-refractivity contribution in [2.75, 3.05) is 6.61 Å². The van der Waals surface area contributed by atoms with Gasteiger partial charge in [0.1, 0.15) is 0 Å². The fourth-order valence-electron chi connectivity index (χ4n) is 0.547. The molecule has 0 atom stereocenters. The predicted molar refractivity (Wildman–Crippen MR) is 50.7 cm³/mol. The minimum absolute atomic E-state index is 0.0174. The smallest absolute Gasteiger partial charge is 0.333 e. The molecule has 5 heteroatoms. The van der Waals surface area contributed by atoms with Crippen molar-refractivity contribution in [3.05, 3.63) is 12.2 Å². The van der Waals surface area contributed by atoms with Crippen LogP contribution in [-0.4, -0.2) is 16.4 Å². The predicted octanol–water partition coefficient (Wildman–Crippen LogP) is 2.87. The Bertz CT molecular complexity index is 184. The molecular formula is C7H9Cl3O2. The van der Waals surface area contributed by atoms with E-state index in [9.17, 15) is 4.79 Å². The lowest BCUT2D eigenvalue weighted by Crippen LogP contribution is -2.12.